The van der Waals surface area contributed by atoms with E-state index >= 15 is 0 Å². The van der Waals surface area contributed by atoms with Crippen molar-refractivity contribution < 1.29 is 9.13 Å². The zero-order valence-electron chi connectivity index (χ0n) is 13.2. The lowest BCUT2D eigenvalue weighted by molar-refractivity contribution is 0.231. The number of nitrogens with two attached hydrogens (primary N) is 1. The van der Waals surface area contributed by atoms with Crippen LogP contribution in [0.2, 0.25) is 0 Å². The van der Waals surface area contributed by atoms with Gasteiger partial charge in [0, 0.05) is 18.2 Å². The maximum atomic E-state index is 13.8. The normalized spacial score (nSPS) is 12.8. The fourth-order valence-corrected chi connectivity index (χ4v) is 2.40. The zero-order valence-corrected chi connectivity index (χ0v) is 13.2. The summed E-state index contributed by atoms with van der Waals surface area (Å²) in [5.41, 5.74) is 7.05. The minimum Gasteiger partial charge on any atom is -0.488 e. The number of halogens is 1. The zero-order chi connectivity index (χ0) is 15.3. The smallest absolute Gasteiger partial charge is 0.167 e. The molecule has 1 unspecified atom stereocenters. The van der Waals surface area contributed by atoms with E-state index in [1.807, 2.05) is 13.8 Å². The average Bonchev–Trinajstić information content (AvgIpc) is 2.36. The van der Waals surface area contributed by atoms with Crippen LogP contribution in [0.3, 0.4) is 0 Å². The molecule has 0 aromatic heterocycles. The molecule has 0 radical (unpaired) electrons. The molecule has 0 aliphatic carbocycles. The second kappa shape index (κ2) is 7.36. The number of hydrogen-bond donors (Lipinski definition) is 2. The van der Waals surface area contributed by atoms with Crippen LogP contribution in [0.4, 0.5) is 15.8 Å². The first-order chi connectivity index (χ1) is 9.38. The van der Waals surface area contributed by atoms with Crippen LogP contribution in [-0.4, -0.2) is 12.1 Å². The van der Waals surface area contributed by atoms with Crippen molar-refractivity contribution in [2.75, 3.05) is 11.1 Å². The molecule has 1 aromatic carbocycles. The monoisotopic (exact) mass is 282 g/mol. The Hall–Kier alpha value is -1.45. The lowest BCUT2D eigenvalue weighted by Crippen LogP contribution is -2.25. The quantitative estimate of drug-likeness (QED) is 0.727. The lowest BCUT2D eigenvalue weighted by atomic mass is 9.95. The molecule has 1 aromatic rings. The third kappa shape index (κ3) is 4.29. The van der Waals surface area contributed by atoms with Gasteiger partial charge in [-0.3, -0.25) is 0 Å². The SMILES string of the molecule is CCC(CC)C(C)Nc1cc(OC(C)C)c(F)cc1N. The fraction of sp³-hybridized carbons (Fsp3) is 0.625. The number of hydrogen-bond acceptors (Lipinski definition) is 3. The molecule has 0 aliphatic rings. The highest BCUT2D eigenvalue weighted by molar-refractivity contribution is 5.69. The number of benzene rings is 1. The van der Waals surface area contributed by atoms with Crippen LogP contribution in [0.1, 0.15) is 47.5 Å². The highest BCUT2D eigenvalue weighted by Crippen LogP contribution is 2.30. The lowest BCUT2D eigenvalue weighted by Gasteiger charge is -2.25. The van der Waals surface area contributed by atoms with Gasteiger partial charge in [0.25, 0.3) is 0 Å². The molecule has 0 spiro atoms. The highest BCUT2D eigenvalue weighted by Gasteiger charge is 2.16. The van der Waals surface area contributed by atoms with Crippen LogP contribution in [0.5, 0.6) is 5.75 Å². The van der Waals surface area contributed by atoms with Crippen molar-refractivity contribution >= 4 is 11.4 Å². The Morgan fingerprint density at radius 1 is 1.20 bits per heavy atom. The molecule has 3 nitrogen and oxygen atoms in total. The molecule has 1 rings (SSSR count). The predicted molar refractivity (Wildman–Crippen MR) is 83.7 cm³/mol. The van der Waals surface area contributed by atoms with Gasteiger partial charge in [-0.1, -0.05) is 26.7 Å². The summed E-state index contributed by atoms with van der Waals surface area (Å²) in [6.45, 7) is 10.2. The van der Waals surface area contributed by atoms with Crippen LogP contribution in [-0.2, 0) is 0 Å². The number of ether oxygens (including phenoxy) is 1. The van der Waals surface area contributed by atoms with Gasteiger partial charge in [0.2, 0.25) is 0 Å². The number of nitrogens with one attached hydrogen (secondary N) is 1. The molecule has 20 heavy (non-hydrogen) atoms. The Kier molecular flexibility index (Phi) is 6.11. The molecule has 4 heteroatoms. The summed E-state index contributed by atoms with van der Waals surface area (Å²) in [7, 11) is 0. The minimum atomic E-state index is -0.420. The number of nitrogen functional groups attached to an aromatic ring is 1. The topological polar surface area (TPSA) is 47.3 Å². The molecule has 0 bridgehead atoms. The average molecular weight is 282 g/mol. The van der Waals surface area contributed by atoms with Gasteiger partial charge in [0.1, 0.15) is 0 Å². The van der Waals surface area contributed by atoms with Gasteiger partial charge < -0.3 is 15.8 Å². The first-order valence-corrected chi connectivity index (χ1v) is 7.41. The van der Waals surface area contributed by atoms with E-state index in [1.54, 1.807) is 6.07 Å². The molecular weight excluding hydrogens is 255 g/mol. The fourth-order valence-electron chi connectivity index (χ4n) is 2.40. The van der Waals surface area contributed by atoms with Gasteiger partial charge in [0.15, 0.2) is 11.6 Å². The Bertz CT molecular complexity index is 431. The molecule has 1 atom stereocenters. The van der Waals surface area contributed by atoms with E-state index in [-0.39, 0.29) is 17.9 Å². The Morgan fingerprint density at radius 3 is 2.30 bits per heavy atom. The van der Waals surface area contributed by atoms with E-state index in [2.05, 4.69) is 26.1 Å². The standard InChI is InChI=1S/C16H27FN2O/c1-6-12(7-2)11(5)19-15-9-16(20-10(3)4)13(17)8-14(15)18/h8-12,19H,6-7,18H2,1-5H3. The van der Waals surface area contributed by atoms with E-state index < -0.39 is 5.82 Å². The van der Waals surface area contributed by atoms with Gasteiger partial charge in [-0.25, -0.2) is 4.39 Å². The Balaban J connectivity index is 2.94. The number of rotatable bonds is 7. The van der Waals surface area contributed by atoms with Crippen molar-refractivity contribution in [3.63, 3.8) is 0 Å². The molecule has 0 fully saturated rings. The van der Waals surface area contributed by atoms with E-state index in [0.29, 0.717) is 11.6 Å². The van der Waals surface area contributed by atoms with Gasteiger partial charge in [-0.05, 0) is 26.7 Å². The van der Waals surface area contributed by atoms with Crippen molar-refractivity contribution in [2.24, 2.45) is 5.92 Å². The molecule has 0 amide bonds. The molecule has 0 heterocycles. The molecule has 0 saturated carbocycles. The summed E-state index contributed by atoms with van der Waals surface area (Å²) < 4.78 is 19.3. The second-order valence-electron chi connectivity index (χ2n) is 5.55. The molecule has 0 aliphatic heterocycles. The summed E-state index contributed by atoms with van der Waals surface area (Å²) in [4.78, 5) is 0. The van der Waals surface area contributed by atoms with Crippen molar-refractivity contribution in [3.8, 4) is 5.75 Å². The van der Waals surface area contributed by atoms with Crippen molar-refractivity contribution in [2.45, 2.75) is 59.6 Å². The van der Waals surface area contributed by atoms with E-state index in [4.69, 9.17) is 10.5 Å². The van der Waals surface area contributed by atoms with Gasteiger partial charge in [-0.15, -0.1) is 0 Å². The molecule has 0 saturated heterocycles. The Morgan fingerprint density at radius 2 is 1.80 bits per heavy atom. The summed E-state index contributed by atoms with van der Waals surface area (Å²) in [5.74, 6) is 0.388. The minimum absolute atomic E-state index is 0.0718. The summed E-state index contributed by atoms with van der Waals surface area (Å²) >= 11 is 0. The maximum absolute atomic E-state index is 13.8. The van der Waals surface area contributed by atoms with Crippen LogP contribution >= 0.6 is 0 Å². The van der Waals surface area contributed by atoms with Crippen molar-refractivity contribution in [1.29, 1.82) is 0 Å². The van der Waals surface area contributed by atoms with Gasteiger partial charge in [0.05, 0.1) is 17.5 Å². The van der Waals surface area contributed by atoms with E-state index in [1.165, 1.54) is 6.07 Å². The van der Waals surface area contributed by atoms with E-state index in [0.717, 1.165) is 18.5 Å². The molecule has 114 valence electrons. The third-order valence-electron chi connectivity index (χ3n) is 3.61. The highest BCUT2D eigenvalue weighted by atomic mass is 19.1. The third-order valence-corrected chi connectivity index (χ3v) is 3.61. The van der Waals surface area contributed by atoms with Crippen molar-refractivity contribution in [3.05, 3.63) is 17.9 Å². The van der Waals surface area contributed by atoms with Crippen LogP contribution in [0, 0.1) is 11.7 Å². The summed E-state index contributed by atoms with van der Waals surface area (Å²) in [6, 6.07) is 3.26. The summed E-state index contributed by atoms with van der Waals surface area (Å²) in [6.07, 6.45) is 2.12. The molecule has 3 N–H and O–H groups in total. The van der Waals surface area contributed by atoms with Crippen molar-refractivity contribution in [1.82, 2.24) is 0 Å². The van der Waals surface area contributed by atoms with Crippen LogP contribution < -0.4 is 15.8 Å². The molecular formula is C16H27FN2O. The Labute approximate surface area is 121 Å². The van der Waals surface area contributed by atoms with Gasteiger partial charge in [-0.2, -0.15) is 0 Å². The predicted octanol–water partition coefficient (Wildman–Crippen LogP) is 4.43. The van der Waals surface area contributed by atoms with E-state index in [9.17, 15) is 4.39 Å². The van der Waals surface area contributed by atoms with Crippen LogP contribution in [0.25, 0.3) is 0 Å². The summed E-state index contributed by atoms with van der Waals surface area (Å²) in [5, 5.41) is 3.38. The maximum Gasteiger partial charge on any atom is 0.167 e. The second-order valence-corrected chi connectivity index (χ2v) is 5.55. The van der Waals surface area contributed by atoms with Crippen LogP contribution in [0.15, 0.2) is 12.1 Å². The first kappa shape index (κ1) is 16.6. The number of anilines is 2. The van der Waals surface area contributed by atoms with Gasteiger partial charge >= 0.3 is 0 Å². The largest absolute Gasteiger partial charge is 0.488 e. The first-order valence-electron chi connectivity index (χ1n) is 7.41.